The van der Waals surface area contributed by atoms with Crippen molar-refractivity contribution in [3.63, 3.8) is 0 Å². The minimum atomic E-state index is -0.533. The molecule has 0 spiro atoms. The van der Waals surface area contributed by atoms with Gasteiger partial charge in [0.1, 0.15) is 6.10 Å². The molecule has 0 aliphatic carbocycles. The number of likely N-dealkylation sites (N-methyl/N-ethyl adjacent to an activating group) is 1. The van der Waals surface area contributed by atoms with Crippen molar-refractivity contribution in [3.05, 3.63) is 38.8 Å². The maximum atomic E-state index is 10.3. The molecule has 3 heterocycles. The van der Waals surface area contributed by atoms with Gasteiger partial charge in [0.15, 0.2) is 0 Å². The van der Waals surface area contributed by atoms with Crippen LogP contribution in [0.3, 0.4) is 0 Å². The van der Waals surface area contributed by atoms with Gasteiger partial charge >= 0.3 is 0 Å². The van der Waals surface area contributed by atoms with Gasteiger partial charge in [-0.1, -0.05) is 11.6 Å². The van der Waals surface area contributed by atoms with Crippen LogP contribution in [0, 0.1) is 0 Å². The highest BCUT2D eigenvalue weighted by atomic mass is 35.5. The molecule has 0 fully saturated rings. The van der Waals surface area contributed by atoms with Gasteiger partial charge in [0, 0.05) is 37.6 Å². The fourth-order valence-corrected chi connectivity index (χ4v) is 4.08. The molecule has 23 heavy (non-hydrogen) atoms. The maximum absolute atomic E-state index is 10.3. The van der Waals surface area contributed by atoms with Crippen molar-refractivity contribution < 1.29 is 5.11 Å². The normalized spacial score (nSPS) is 17.3. The van der Waals surface area contributed by atoms with E-state index in [0.717, 1.165) is 42.6 Å². The highest BCUT2D eigenvalue weighted by molar-refractivity contribution is 7.16. The number of hydrogen-bond donors (Lipinski definition) is 1. The molecule has 0 unspecified atom stereocenters. The molecule has 1 N–H and O–H groups in total. The topological polar surface area (TPSA) is 44.5 Å². The van der Waals surface area contributed by atoms with E-state index in [1.165, 1.54) is 10.6 Å². The van der Waals surface area contributed by atoms with Gasteiger partial charge in [-0.05, 0) is 38.7 Å². The number of fused-ring (bicyclic) bond motifs is 1. The number of aryl methyl sites for hydroxylation is 1. The zero-order valence-corrected chi connectivity index (χ0v) is 15.1. The Morgan fingerprint density at radius 2 is 2.22 bits per heavy atom. The third-order valence-electron chi connectivity index (χ3n) is 4.00. The molecule has 7 heteroatoms. The Hall–Kier alpha value is -0.920. The Bertz CT molecular complexity index is 654. The van der Waals surface area contributed by atoms with Crippen LogP contribution in [0.15, 0.2) is 18.2 Å². The summed E-state index contributed by atoms with van der Waals surface area (Å²) in [6.45, 7) is 4.32. The quantitative estimate of drug-likeness (QED) is 0.896. The largest absolute Gasteiger partial charge is 0.385 e. The van der Waals surface area contributed by atoms with Gasteiger partial charge < -0.3 is 10.0 Å². The lowest BCUT2D eigenvalue weighted by Gasteiger charge is -2.18. The van der Waals surface area contributed by atoms with Gasteiger partial charge in [-0.25, -0.2) is 0 Å². The standard InChI is InChI=1S/C16H23ClN4OS/c1-19(2)11-15(22)14-8-12-9-20(6-3-7-21(12)18-14)10-13-4-5-16(17)23-13/h4-5,8,15,22H,3,6-7,9-11H2,1-2H3/t15-/m0/s1. The van der Waals surface area contributed by atoms with E-state index in [9.17, 15) is 5.11 Å². The van der Waals surface area contributed by atoms with Crippen LogP contribution in [-0.4, -0.2) is 51.9 Å². The first-order valence-corrected chi connectivity index (χ1v) is 9.06. The summed E-state index contributed by atoms with van der Waals surface area (Å²) < 4.78 is 2.89. The van der Waals surface area contributed by atoms with Gasteiger partial charge in [-0.15, -0.1) is 11.3 Å². The fraction of sp³-hybridized carbons (Fsp3) is 0.562. The molecule has 1 aliphatic rings. The second-order valence-electron chi connectivity index (χ2n) is 6.33. The molecule has 0 radical (unpaired) electrons. The molecular weight excluding hydrogens is 332 g/mol. The molecule has 0 aromatic carbocycles. The molecule has 0 saturated carbocycles. The summed E-state index contributed by atoms with van der Waals surface area (Å²) in [5.74, 6) is 0. The van der Waals surface area contributed by atoms with Crippen LogP contribution in [0.4, 0.5) is 0 Å². The second kappa shape index (κ2) is 7.32. The van der Waals surface area contributed by atoms with E-state index < -0.39 is 6.10 Å². The summed E-state index contributed by atoms with van der Waals surface area (Å²) in [6, 6.07) is 6.11. The van der Waals surface area contributed by atoms with Gasteiger partial charge in [0.2, 0.25) is 0 Å². The maximum Gasteiger partial charge on any atom is 0.110 e. The third-order valence-corrected chi connectivity index (χ3v) is 5.22. The highest BCUT2D eigenvalue weighted by Gasteiger charge is 2.20. The van der Waals surface area contributed by atoms with Crippen LogP contribution in [0.25, 0.3) is 0 Å². The van der Waals surface area contributed by atoms with E-state index in [1.807, 2.05) is 31.1 Å². The number of aliphatic hydroxyl groups excluding tert-OH is 1. The Labute approximate surface area is 146 Å². The Morgan fingerprint density at radius 1 is 1.39 bits per heavy atom. The van der Waals surface area contributed by atoms with Gasteiger partial charge in [-0.3, -0.25) is 9.58 Å². The van der Waals surface area contributed by atoms with Gasteiger partial charge in [0.25, 0.3) is 0 Å². The number of aliphatic hydroxyl groups is 1. The van der Waals surface area contributed by atoms with Crippen molar-refractivity contribution in [1.82, 2.24) is 19.6 Å². The van der Waals surface area contributed by atoms with E-state index in [4.69, 9.17) is 11.6 Å². The van der Waals surface area contributed by atoms with Crippen LogP contribution >= 0.6 is 22.9 Å². The van der Waals surface area contributed by atoms with Crippen molar-refractivity contribution in [2.24, 2.45) is 0 Å². The molecule has 5 nitrogen and oxygen atoms in total. The van der Waals surface area contributed by atoms with E-state index in [-0.39, 0.29) is 0 Å². The summed E-state index contributed by atoms with van der Waals surface area (Å²) in [5, 5.41) is 14.9. The number of hydrogen-bond acceptors (Lipinski definition) is 5. The molecular formula is C16H23ClN4OS. The summed E-state index contributed by atoms with van der Waals surface area (Å²) in [5.41, 5.74) is 1.95. The summed E-state index contributed by atoms with van der Waals surface area (Å²) in [6.07, 6.45) is 0.533. The Kier molecular flexibility index (Phi) is 5.38. The van der Waals surface area contributed by atoms with Gasteiger partial charge in [-0.2, -0.15) is 5.10 Å². The lowest BCUT2D eigenvalue weighted by molar-refractivity contribution is 0.133. The minimum Gasteiger partial charge on any atom is -0.385 e. The molecule has 2 aromatic heterocycles. The molecule has 2 aromatic rings. The first kappa shape index (κ1) is 16.9. The second-order valence-corrected chi connectivity index (χ2v) is 8.13. The Morgan fingerprint density at radius 3 is 2.91 bits per heavy atom. The van der Waals surface area contributed by atoms with Crippen molar-refractivity contribution in [1.29, 1.82) is 0 Å². The molecule has 0 amide bonds. The van der Waals surface area contributed by atoms with Crippen LogP contribution in [0.2, 0.25) is 4.34 Å². The number of rotatable bonds is 5. The predicted molar refractivity (Wildman–Crippen MR) is 93.8 cm³/mol. The van der Waals surface area contributed by atoms with Crippen molar-refractivity contribution in [2.45, 2.75) is 32.2 Å². The Balaban J connectivity index is 1.70. The molecule has 0 saturated heterocycles. The zero-order valence-electron chi connectivity index (χ0n) is 13.6. The predicted octanol–water partition coefficient (Wildman–Crippen LogP) is 2.60. The lowest BCUT2D eigenvalue weighted by Crippen LogP contribution is -2.22. The highest BCUT2D eigenvalue weighted by Crippen LogP contribution is 2.25. The van der Waals surface area contributed by atoms with Gasteiger partial charge in [0.05, 0.1) is 15.7 Å². The SMILES string of the molecule is CN(C)C[C@H](O)c1cc2n(n1)CCCN(Cc1ccc(Cl)s1)C2. The third kappa shape index (κ3) is 4.33. The molecule has 1 atom stereocenters. The van der Waals surface area contributed by atoms with Crippen LogP contribution < -0.4 is 0 Å². The average Bonchev–Trinajstić information content (AvgIpc) is 3.01. The van der Waals surface area contributed by atoms with E-state index in [2.05, 4.69) is 20.7 Å². The fourth-order valence-electron chi connectivity index (χ4n) is 2.95. The minimum absolute atomic E-state index is 0.533. The smallest absolute Gasteiger partial charge is 0.110 e. The summed E-state index contributed by atoms with van der Waals surface area (Å²) in [7, 11) is 3.91. The van der Waals surface area contributed by atoms with E-state index in [0.29, 0.717) is 6.54 Å². The molecule has 1 aliphatic heterocycles. The van der Waals surface area contributed by atoms with Crippen LogP contribution in [0.1, 0.15) is 28.8 Å². The van der Waals surface area contributed by atoms with Crippen LogP contribution in [0.5, 0.6) is 0 Å². The molecule has 126 valence electrons. The van der Waals surface area contributed by atoms with E-state index >= 15 is 0 Å². The zero-order chi connectivity index (χ0) is 16.4. The lowest BCUT2D eigenvalue weighted by atomic mass is 10.2. The summed E-state index contributed by atoms with van der Waals surface area (Å²) in [4.78, 5) is 5.68. The van der Waals surface area contributed by atoms with Crippen molar-refractivity contribution in [2.75, 3.05) is 27.2 Å². The van der Waals surface area contributed by atoms with Crippen molar-refractivity contribution >= 4 is 22.9 Å². The number of nitrogens with zero attached hydrogens (tertiary/aromatic N) is 4. The molecule has 0 bridgehead atoms. The van der Waals surface area contributed by atoms with Crippen molar-refractivity contribution in [3.8, 4) is 0 Å². The first-order chi connectivity index (χ1) is 11.0. The monoisotopic (exact) mass is 354 g/mol. The number of aromatic nitrogens is 2. The van der Waals surface area contributed by atoms with Crippen LogP contribution in [-0.2, 0) is 19.6 Å². The van der Waals surface area contributed by atoms with E-state index in [1.54, 1.807) is 11.3 Å². The first-order valence-electron chi connectivity index (χ1n) is 7.87. The summed E-state index contributed by atoms with van der Waals surface area (Å²) >= 11 is 7.67. The number of thiophene rings is 1. The molecule has 3 rings (SSSR count). The number of halogens is 1. The average molecular weight is 355 g/mol.